The second kappa shape index (κ2) is 6.11. The lowest BCUT2D eigenvalue weighted by atomic mass is 10.3. The maximum atomic E-state index is 12.5. The van der Waals surface area contributed by atoms with Gasteiger partial charge in [-0.25, -0.2) is 22.9 Å². The van der Waals surface area contributed by atoms with E-state index < -0.39 is 15.8 Å². The van der Waals surface area contributed by atoms with Gasteiger partial charge >= 0.3 is 5.76 Å². The van der Waals surface area contributed by atoms with E-state index in [2.05, 4.69) is 9.71 Å². The Morgan fingerprint density at radius 1 is 1.29 bits per heavy atom. The van der Waals surface area contributed by atoms with Crippen molar-refractivity contribution in [2.75, 3.05) is 6.26 Å². The molecule has 0 aliphatic rings. The Hall–Kier alpha value is -2.04. The molecule has 128 valence electrons. The van der Waals surface area contributed by atoms with Crippen molar-refractivity contribution in [3.63, 3.8) is 0 Å². The summed E-state index contributed by atoms with van der Waals surface area (Å²) in [5, 5.41) is 0.802. The predicted octanol–water partition coefficient (Wildman–Crippen LogP) is 1.07. The molecule has 10 heteroatoms. The molecule has 24 heavy (non-hydrogen) atoms. The van der Waals surface area contributed by atoms with Gasteiger partial charge in [0.1, 0.15) is 0 Å². The molecule has 0 saturated carbocycles. The molecular weight excluding hydrogens is 352 g/mol. The van der Waals surface area contributed by atoms with Crippen molar-refractivity contribution in [3.05, 3.63) is 40.6 Å². The molecule has 0 saturated heterocycles. The quantitative estimate of drug-likeness (QED) is 0.676. The SMILES string of the molecule is CSc1ncc(CNS(=O)(=O)c2ccc3c(c2)oc(=O)n3C)n1C. The van der Waals surface area contributed by atoms with Crippen LogP contribution in [0.25, 0.3) is 11.1 Å². The number of oxazole rings is 1. The number of aryl methyl sites for hydroxylation is 1. The predicted molar refractivity (Wildman–Crippen MR) is 90.5 cm³/mol. The Morgan fingerprint density at radius 3 is 2.71 bits per heavy atom. The van der Waals surface area contributed by atoms with Gasteiger partial charge in [0, 0.05) is 20.2 Å². The second-order valence-electron chi connectivity index (χ2n) is 5.18. The fourth-order valence-electron chi connectivity index (χ4n) is 2.31. The Morgan fingerprint density at radius 2 is 2.04 bits per heavy atom. The van der Waals surface area contributed by atoms with E-state index in [-0.39, 0.29) is 17.0 Å². The fraction of sp³-hybridized carbons (Fsp3) is 0.286. The van der Waals surface area contributed by atoms with E-state index in [0.717, 1.165) is 10.9 Å². The number of benzene rings is 1. The normalized spacial score (nSPS) is 12.1. The zero-order valence-corrected chi connectivity index (χ0v) is 14.9. The highest BCUT2D eigenvalue weighted by Gasteiger charge is 2.17. The topological polar surface area (TPSA) is 99.1 Å². The Bertz CT molecular complexity index is 1060. The van der Waals surface area contributed by atoms with Gasteiger partial charge in [-0.15, -0.1) is 0 Å². The standard InChI is InChI=1S/C14H16N4O4S2/c1-17-9(7-15-13(17)23-3)8-16-24(20,21)10-4-5-11-12(6-10)22-14(19)18(11)2/h4-7,16H,8H2,1-3H3. The van der Waals surface area contributed by atoms with Crippen molar-refractivity contribution < 1.29 is 12.8 Å². The first-order valence-corrected chi connectivity index (χ1v) is 9.68. The van der Waals surface area contributed by atoms with Crippen molar-refractivity contribution in [1.82, 2.24) is 18.8 Å². The molecule has 3 aromatic rings. The molecule has 0 aliphatic carbocycles. The first kappa shape index (κ1) is 16.8. The van der Waals surface area contributed by atoms with Gasteiger partial charge in [0.25, 0.3) is 0 Å². The number of fused-ring (bicyclic) bond motifs is 1. The smallest absolute Gasteiger partial charge is 0.408 e. The monoisotopic (exact) mass is 368 g/mol. The maximum Gasteiger partial charge on any atom is 0.419 e. The molecule has 0 atom stereocenters. The van der Waals surface area contributed by atoms with Crippen LogP contribution in [-0.4, -0.2) is 28.8 Å². The minimum absolute atomic E-state index is 0.0385. The zero-order valence-electron chi connectivity index (χ0n) is 13.3. The van der Waals surface area contributed by atoms with Crippen LogP contribution in [0.15, 0.2) is 43.7 Å². The number of thioether (sulfide) groups is 1. The van der Waals surface area contributed by atoms with Gasteiger partial charge in [0.05, 0.1) is 28.8 Å². The maximum absolute atomic E-state index is 12.5. The number of hydrogen-bond acceptors (Lipinski definition) is 6. The highest BCUT2D eigenvalue weighted by molar-refractivity contribution is 7.98. The summed E-state index contributed by atoms with van der Waals surface area (Å²) >= 11 is 1.48. The van der Waals surface area contributed by atoms with Gasteiger partial charge in [-0.3, -0.25) is 4.57 Å². The lowest BCUT2D eigenvalue weighted by Gasteiger charge is -2.08. The summed E-state index contributed by atoms with van der Waals surface area (Å²) in [5.74, 6) is -0.535. The number of imidazole rings is 1. The molecule has 1 N–H and O–H groups in total. The van der Waals surface area contributed by atoms with Crippen molar-refractivity contribution in [1.29, 1.82) is 0 Å². The Labute approximate surface area is 142 Å². The van der Waals surface area contributed by atoms with Crippen molar-refractivity contribution in [2.45, 2.75) is 16.6 Å². The molecule has 1 aromatic carbocycles. The molecule has 8 nitrogen and oxygen atoms in total. The molecule has 0 amide bonds. The number of nitrogens with one attached hydrogen (secondary N) is 1. The highest BCUT2D eigenvalue weighted by atomic mass is 32.2. The summed E-state index contributed by atoms with van der Waals surface area (Å²) in [4.78, 5) is 15.7. The number of rotatable bonds is 5. The summed E-state index contributed by atoms with van der Waals surface area (Å²) in [6.45, 7) is 0.114. The van der Waals surface area contributed by atoms with Crippen LogP contribution >= 0.6 is 11.8 Å². The van der Waals surface area contributed by atoms with Crippen LogP contribution < -0.4 is 10.5 Å². The van der Waals surface area contributed by atoms with Gasteiger partial charge in [-0.2, -0.15) is 0 Å². The van der Waals surface area contributed by atoms with E-state index >= 15 is 0 Å². The third kappa shape index (κ3) is 2.87. The van der Waals surface area contributed by atoms with Crippen LogP contribution in [0.4, 0.5) is 0 Å². The van der Waals surface area contributed by atoms with Gasteiger partial charge in [0.15, 0.2) is 10.7 Å². The average molecular weight is 368 g/mol. The van der Waals surface area contributed by atoms with Crippen LogP contribution in [0.5, 0.6) is 0 Å². The van der Waals surface area contributed by atoms with E-state index in [1.165, 1.54) is 28.5 Å². The minimum Gasteiger partial charge on any atom is -0.408 e. The van der Waals surface area contributed by atoms with Crippen molar-refractivity contribution in [3.8, 4) is 0 Å². The fourth-order valence-corrected chi connectivity index (χ4v) is 3.88. The number of hydrogen-bond donors (Lipinski definition) is 1. The molecule has 2 heterocycles. The van der Waals surface area contributed by atoms with E-state index in [9.17, 15) is 13.2 Å². The molecule has 0 bridgehead atoms. The lowest BCUT2D eigenvalue weighted by molar-refractivity contribution is 0.527. The van der Waals surface area contributed by atoms with E-state index in [0.29, 0.717) is 5.52 Å². The van der Waals surface area contributed by atoms with Crippen molar-refractivity contribution in [2.24, 2.45) is 14.1 Å². The number of nitrogens with zero attached hydrogens (tertiary/aromatic N) is 3. The minimum atomic E-state index is -3.74. The average Bonchev–Trinajstić information content (AvgIpc) is 3.05. The van der Waals surface area contributed by atoms with Crippen molar-refractivity contribution >= 4 is 32.9 Å². The summed E-state index contributed by atoms with van der Waals surface area (Å²) in [5.41, 5.74) is 1.51. The Balaban J connectivity index is 1.87. The van der Waals surface area contributed by atoms with E-state index in [1.54, 1.807) is 19.3 Å². The Kier molecular flexibility index (Phi) is 4.28. The van der Waals surface area contributed by atoms with Gasteiger partial charge < -0.3 is 8.98 Å². The van der Waals surface area contributed by atoms with Gasteiger partial charge in [-0.1, -0.05) is 11.8 Å². The molecule has 0 spiro atoms. The second-order valence-corrected chi connectivity index (χ2v) is 7.72. The first-order valence-electron chi connectivity index (χ1n) is 6.97. The van der Waals surface area contributed by atoms with Crippen LogP contribution in [0.3, 0.4) is 0 Å². The summed E-state index contributed by atoms with van der Waals surface area (Å²) in [6, 6.07) is 4.33. The molecule has 3 rings (SSSR count). The van der Waals surface area contributed by atoms with Crippen LogP contribution in [-0.2, 0) is 30.7 Å². The number of sulfonamides is 1. The van der Waals surface area contributed by atoms with Crippen LogP contribution in [0.1, 0.15) is 5.69 Å². The lowest BCUT2D eigenvalue weighted by Crippen LogP contribution is -2.24. The third-order valence-corrected chi connectivity index (χ3v) is 5.89. The molecule has 0 aliphatic heterocycles. The summed E-state index contributed by atoms with van der Waals surface area (Å²) < 4.78 is 35.6. The van der Waals surface area contributed by atoms with Crippen LogP contribution in [0, 0.1) is 0 Å². The largest absolute Gasteiger partial charge is 0.419 e. The molecule has 2 aromatic heterocycles. The van der Waals surface area contributed by atoms with E-state index in [4.69, 9.17) is 4.42 Å². The van der Waals surface area contributed by atoms with E-state index in [1.807, 2.05) is 17.9 Å². The highest BCUT2D eigenvalue weighted by Crippen LogP contribution is 2.19. The summed E-state index contributed by atoms with van der Waals surface area (Å²) in [6.07, 6.45) is 3.53. The zero-order chi connectivity index (χ0) is 17.5. The van der Waals surface area contributed by atoms with Gasteiger partial charge in [0.2, 0.25) is 10.0 Å². The summed E-state index contributed by atoms with van der Waals surface area (Å²) in [7, 11) is -0.349. The van der Waals surface area contributed by atoms with Gasteiger partial charge in [-0.05, 0) is 18.4 Å². The molecule has 0 unspecified atom stereocenters. The molecule has 0 radical (unpaired) electrons. The molecule has 0 fully saturated rings. The molecular formula is C14H16N4O4S2. The number of aromatic nitrogens is 3. The first-order chi connectivity index (χ1) is 11.3. The third-order valence-electron chi connectivity index (χ3n) is 3.74. The van der Waals surface area contributed by atoms with Crippen LogP contribution in [0.2, 0.25) is 0 Å².